The molecule has 2 aromatic heterocycles. The second-order valence-corrected chi connectivity index (χ2v) is 6.84. The fourth-order valence-electron chi connectivity index (χ4n) is 2.79. The number of fused-ring (bicyclic) bond motifs is 1. The summed E-state index contributed by atoms with van der Waals surface area (Å²) in [7, 11) is 1.59. The number of benzene rings is 1. The molecule has 0 radical (unpaired) electrons. The van der Waals surface area contributed by atoms with Gasteiger partial charge in [-0.15, -0.1) is 11.3 Å². The summed E-state index contributed by atoms with van der Waals surface area (Å²) in [4.78, 5) is 26.3. The highest BCUT2D eigenvalue weighted by Crippen LogP contribution is 2.27. The lowest BCUT2D eigenvalue weighted by Crippen LogP contribution is -2.19. The molecule has 0 saturated carbocycles. The summed E-state index contributed by atoms with van der Waals surface area (Å²) >= 11 is 1.36. The van der Waals surface area contributed by atoms with Crippen LogP contribution in [0.2, 0.25) is 0 Å². The third-order valence-electron chi connectivity index (χ3n) is 4.21. The van der Waals surface area contributed by atoms with Gasteiger partial charge in [-0.1, -0.05) is 0 Å². The topological polar surface area (TPSA) is 81.4 Å². The summed E-state index contributed by atoms with van der Waals surface area (Å²) in [5.74, 6) is 0.0946. The van der Waals surface area contributed by atoms with Crippen molar-refractivity contribution in [2.75, 3.05) is 13.7 Å². The van der Waals surface area contributed by atoms with E-state index < -0.39 is 5.97 Å². The average Bonchev–Trinajstić information content (AvgIpc) is 3.14. The van der Waals surface area contributed by atoms with Gasteiger partial charge in [-0.05, 0) is 44.2 Å². The molecule has 0 amide bonds. The average molecular weight is 384 g/mol. The Morgan fingerprint density at radius 1 is 1.22 bits per heavy atom. The van der Waals surface area contributed by atoms with Crippen molar-refractivity contribution in [2.24, 2.45) is 0 Å². The van der Waals surface area contributed by atoms with Crippen LogP contribution in [0.5, 0.6) is 5.75 Å². The van der Waals surface area contributed by atoms with Gasteiger partial charge in [-0.2, -0.15) is 0 Å². The molecule has 3 aromatic rings. The van der Waals surface area contributed by atoms with Crippen LogP contribution in [0.4, 0.5) is 0 Å². The number of thiophene rings is 1. The molecule has 0 aliphatic rings. The van der Waals surface area contributed by atoms with Gasteiger partial charge in [0.05, 0.1) is 29.7 Å². The zero-order chi connectivity index (χ0) is 19.6. The molecule has 3 rings (SSSR count). The molecule has 1 N–H and O–H groups in total. The van der Waals surface area contributed by atoms with Gasteiger partial charge in [-0.3, -0.25) is 10.2 Å². The first-order valence-electron chi connectivity index (χ1n) is 8.57. The summed E-state index contributed by atoms with van der Waals surface area (Å²) in [6.45, 7) is 4.44. The number of methoxy groups -OCH3 is 1. The second-order valence-electron chi connectivity index (χ2n) is 5.81. The Balaban J connectivity index is 2.10. The number of hydrogen-bond donors (Lipinski definition) is 1. The predicted molar refractivity (Wildman–Crippen MR) is 107 cm³/mol. The van der Waals surface area contributed by atoms with Crippen molar-refractivity contribution in [1.29, 1.82) is 5.41 Å². The number of carbonyl (C=O) groups is 1. The first kappa shape index (κ1) is 18.8. The Hall–Kier alpha value is -2.93. The predicted octanol–water partition coefficient (Wildman–Crippen LogP) is 3.68. The number of aryl methyl sites for hydroxylation is 1. The Bertz CT molecular complexity index is 1060. The van der Waals surface area contributed by atoms with Crippen molar-refractivity contribution in [1.82, 2.24) is 4.57 Å². The number of carbonyl (C=O) groups excluding carboxylic acids is 1. The number of aromatic nitrogens is 1. The Kier molecular flexibility index (Phi) is 5.41. The first-order valence-corrected chi connectivity index (χ1v) is 9.39. The van der Waals surface area contributed by atoms with Crippen LogP contribution in [-0.2, 0) is 11.3 Å². The molecule has 0 atom stereocenters. The third-order valence-corrected chi connectivity index (χ3v) is 5.40. The summed E-state index contributed by atoms with van der Waals surface area (Å²) < 4.78 is 12.0. The van der Waals surface area contributed by atoms with Crippen molar-refractivity contribution in [3.8, 4) is 5.75 Å². The smallest absolute Gasteiger partial charge is 0.343 e. The van der Waals surface area contributed by atoms with Gasteiger partial charge < -0.3 is 14.0 Å². The number of hydrogen-bond acceptors (Lipinski definition) is 6. The SMILES string of the molecule is CCOC(=O)c1cn(CC)c2sc(C(=N)c3ccc(OC)cc3)cc2c1=O. The fourth-order valence-corrected chi connectivity index (χ4v) is 3.95. The van der Waals surface area contributed by atoms with Crippen molar-refractivity contribution in [2.45, 2.75) is 20.4 Å². The van der Waals surface area contributed by atoms with Crippen LogP contribution in [0.3, 0.4) is 0 Å². The molecule has 0 saturated heterocycles. The molecule has 7 heteroatoms. The molecule has 27 heavy (non-hydrogen) atoms. The maximum absolute atomic E-state index is 12.8. The highest BCUT2D eigenvalue weighted by molar-refractivity contribution is 7.20. The van der Waals surface area contributed by atoms with E-state index in [4.69, 9.17) is 14.9 Å². The molecule has 0 bridgehead atoms. The van der Waals surface area contributed by atoms with Gasteiger partial charge in [0.25, 0.3) is 0 Å². The minimum Gasteiger partial charge on any atom is -0.497 e. The van der Waals surface area contributed by atoms with E-state index in [0.717, 1.165) is 10.4 Å². The molecule has 0 aliphatic carbocycles. The van der Waals surface area contributed by atoms with E-state index in [1.165, 1.54) is 11.3 Å². The van der Waals surface area contributed by atoms with E-state index in [0.29, 0.717) is 28.3 Å². The molecular weight excluding hydrogens is 364 g/mol. The van der Waals surface area contributed by atoms with Gasteiger partial charge >= 0.3 is 5.97 Å². The summed E-state index contributed by atoms with van der Waals surface area (Å²) in [5, 5.41) is 8.93. The van der Waals surface area contributed by atoms with Crippen LogP contribution < -0.4 is 10.2 Å². The number of nitrogens with one attached hydrogen (secondary N) is 1. The lowest BCUT2D eigenvalue weighted by atomic mass is 10.1. The van der Waals surface area contributed by atoms with E-state index in [1.807, 2.05) is 23.6 Å². The second kappa shape index (κ2) is 7.75. The molecule has 1 aromatic carbocycles. The zero-order valence-corrected chi connectivity index (χ0v) is 16.2. The molecule has 6 nitrogen and oxygen atoms in total. The van der Waals surface area contributed by atoms with Crippen LogP contribution >= 0.6 is 11.3 Å². The van der Waals surface area contributed by atoms with Crippen LogP contribution in [0, 0.1) is 5.41 Å². The van der Waals surface area contributed by atoms with E-state index in [1.54, 1.807) is 38.4 Å². The summed E-state index contributed by atoms with van der Waals surface area (Å²) in [6.07, 6.45) is 1.54. The monoisotopic (exact) mass is 384 g/mol. The maximum atomic E-state index is 12.8. The zero-order valence-electron chi connectivity index (χ0n) is 15.4. The van der Waals surface area contributed by atoms with Crippen molar-refractivity contribution in [3.63, 3.8) is 0 Å². The summed E-state index contributed by atoms with van der Waals surface area (Å²) in [6, 6.07) is 8.88. The largest absolute Gasteiger partial charge is 0.497 e. The molecule has 0 spiro atoms. The maximum Gasteiger partial charge on any atom is 0.343 e. The molecule has 140 valence electrons. The lowest BCUT2D eigenvalue weighted by Gasteiger charge is -2.07. The third kappa shape index (κ3) is 3.50. The Morgan fingerprint density at radius 3 is 2.52 bits per heavy atom. The van der Waals surface area contributed by atoms with E-state index in [9.17, 15) is 9.59 Å². The first-order chi connectivity index (χ1) is 13.0. The van der Waals surface area contributed by atoms with Crippen molar-refractivity contribution in [3.05, 3.63) is 62.8 Å². The molecule has 0 aliphatic heterocycles. The highest BCUT2D eigenvalue weighted by atomic mass is 32.1. The normalized spacial score (nSPS) is 10.8. The minimum absolute atomic E-state index is 0.0199. The quantitative estimate of drug-likeness (QED) is 0.519. The van der Waals surface area contributed by atoms with E-state index in [-0.39, 0.29) is 17.6 Å². The Morgan fingerprint density at radius 2 is 1.93 bits per heavy atom. The van der Waals surface area contributed by atoms with Gasteiger partial charge in [0.2, 0.25) is 5.43 Å². The van der Waals surface area contributed by atoms with Gasteiger partial charge in [0, 0.05) is 18.3 Å². The fraction of sp³-hybridized carbons (Fsp3) is 0.250. The highest BCUT2D eigenvalue weighted by Gasteiger charge is 2.19. The van der Waals surface area contributed by atoms with Gasteiger partial charge in [-0.25, -0.2) is 4.79 Å². The number of pyridine rings is 1. The van der Waals surface area contributed by atoms with Crippen LogP contribution in [0.25, 0.3) is 10.2 Å². The minimum atomic E-state index is -0.621. The lowest BCUT2D eigenvalue weighted by molar-refractivity contribution is 0.0524. The Labute approximate surface area is 160 Å². The van der Waals surface area contributed by atoms with E-state index >= 15 is 0 Å². The molecule has 0 fully saturated rings. The number of nitrogens with zero attached hydrogens (tertiary/aromatic N) is 1. The van der Waals surface area contributed by atoms with Crippen LogP contribution in [0.1, 0.15) is 34.6 Å². The van der Waals surface area contributed by atoms with Gasteiger partial charge in [0.15, 0.2) is 0 Å². The van der Waals surface area contributed by atoms with E-state index in [2.05, 4.69) is 0 Å². The standard InChI is InChI=1S/C20H20N2O4S/c1-4-22-11-15(20(24)26-5-2)18(23)14-10-16(27-19(14)22)17(21)12-6-8-13(25-3)9-7-12/h6-11,21H,4-5H2,1-3H3. The van der Waals surface area contributed by atoms with Crippen molar-refractivity contribution < 1.29 is 14.3 Å². The van der Waals surface area contributed by atoms with Gasteiger partial charge in [0.1, 0.15) is 16.1 Å². The van der Waals surface area contributed by atoms with Crippen LogP contribution in [0.15, 0.2) is 41.3 Å². The number of esters is 1. The molecule has 0 unspecified atom stereocenters. The molecular formula is C20H20N2O4S. The van der Waals surface area contributed by atoms with Crippen LogP contribution in [-0.4, -0.2) is 30.0 Å². The molecule has 2 heterocycles. The van der Waals surface area contributed by atoms with Crippen molar-refractivity contribution >= 4 is 33.2 Å². The summed E-state index contributed by atoms with van der Waals surface area (Å²) in [5.41, 5.74) is 0.701. The number of rotatable bonds is 6. The number of ether oxygens (including phenoxy) is 2.